The Labute approximate surface area is 77.1 Å². The molecule has 0 spiro atoms. The molecule has 0 saturated carbocycles. The van der Waals surface area contributed by atoms with Crippen molar-refractivity contribution in [3.63, 3.8) is 0 Å². The first-order valence-electron chi connectivity index (χ1n) is 3.77. The molecular formula is C10H11N3. The molecule has 3 nitrogen and oxygen atoms in total. The fourth-order valence-electron chi connectivity index (χ4n) is 1.08. The van der Waals surface area contributed by atoms with Gasteiger partial charge in [-0.15, -0.1) is 0 Å². The summed E-state index contributed by atoms with van der Waals surface area (Å²) in [7, 11) is 0. The van der Waals surface area contributed by atoms with Crippen LogP contribution in [0.1, 0.15) is 0 Å². The summed E-state index contributed by atoms with van der Waals surface area (Å²) in [5.74, 6) is 0. The third kappa shape index (κ3) is 2.10. The normalized spacial score (nSPS) is 8.92. The molecule has 3 heteroatoms. The zero-order valence-corrected chi connectivity index (χ0v) is 7.22. The zero-order chi connectivity index (χ0) is 8.23. The number of rotatable bonds is 1. The van der Waals surface area contributed by atoms with E-state index in [4.69, 9.17) is 0 Å². The maximum atomic E-state index is 4.04. The molecule has 2 aromatic rings. The summed E-state index contributed by atoms with van der Waals surface area (Å²) in [6, 6.07) is 7.89. The van der Waals surface area contributed by atoms with E-state index in [1.165, 1.54) is 0 Å². The number of nitrogens with zero attached hydrogens (tertiary/aromatic N) is 2. The minimum absolute atomic E-state index is 0. The van der Waals surface area contributed by atoms with Crippen molar-refractivity contribution in [1.29, 1.82) is 0 Å². The highest BCUT2D eigenvalue weighted by Crippen LogP contribution is 2.15. The Bertz CT molecular complexity index is 308. The third-order valence-electron chi connectivity index (χ3n) is 1.68. The second-order valence-corrected chi connectivity index (χ2v) is 2.48. The van der Waals surface area contributed by atoms with Crippen molar-refractivity contribution in [2.24, 2.45) is 0 Å². The van der Waals surface area contributed by atoms with Crippen molar-refractivity contribution < 1.29 is 0 Å². The highest BCUT2D eigenvalue weighted by atomic mass is 14.6. The van der Waals surface area contributed by atoms with Gasteiger partial charge in [-0.25, -0.2) is 0 Å². The predicted octanol–water partition coefficient (Wildman–Crippen LogP) is 2.31. The summed E-state index contributed by atoms with van der Waals surface area (Å²) in [5, 5.41) is 0. The van der Waals surface area contributed by atoms with E-state index in [-0.39, 0.29) is 6.15 Å². The van der Waals surface area contributed by atoms with Gasteiger partial charge in [0.1, 0.15) is 0 Å². The minimum atomic E-state index is 0. The van der Waals surface area contributed by atoms with Gasteiger partial charge >= 0.3 is 0 Å². The highest BCUT2D eigenvalue weighted by Gasteiger charge is 1.93. The first-order chi connectivity index (χ1) is 5.97. The molecule has 3 N–H and O–H groups in total. The molecule has 13 heavy (non-hydrogen) atoms. The van der Waals surface area contributed by atoms with Crippen molar-refractivity contribution in [1.82, 2.24) is 16.1 Å². The number of pyridine rings is 2. The maximum absolute atomic E-state index is 4.04. The second kappa shape index (κ2) is 4.33. The monoisotopic (exact) mass is 173 g/mol. The van der Waals surface area contributed by atoms with Crippen LogP contribution in [0.2, 0.25) is 0 Å². The van der Waals surface area contributed by atoms with Crippen LogP contribution in [0, 0.1) is 0 Å². The van der Waals surface area contributed by atoms with Crippen molar-refractivity contribution >= 4 is 0 Å². The van der Waals surface area contributed by atoms with Crippen LogP contribution in [0.3, 0.4) is 0 Å². The van der Waals surface area contributed by atoms with Crippen molar-refractivity contribution in [2.75, 3.05) is 0 Å². The van der Waals surface area contributed by atoms with E-state index < -0.39 is 0 Å². The second-order valence-electron chi connectivity index (χ2n) is 2.48. The molecule has 0 atom stereocenters. The Hall–Kier alpha value is -1.74. The van der Waals surface area contributed by atoms with Crippen LogP contribution in [0.5, 0.6) is 0 Å². The van der Waals surface area contributed by atoms with E-state index >= 15 is 0 Å². The maximum Gasteiger partial charge on any atom is 0.0346 e. The average Bonchev–Trinajstić information content (AvgIpc) is 2.21. The molecule has 0 aliphatic carbocycles. The van der Waals surface area contributed by atoms with Crippen molar-refractivity contribution in [3.05, 3.63) is 49.1 Å². The fraction of sp³-hybridized carbons (Fsp3) is 0. The largest absolute Gasteiger partial charge is 0.344 e. The Morgan fingerprint density at radius 3 is 2.15 bits per heavy atom. The molecule has 2 heterocycles. The molecule has 0 bridgehead atoms. The van der Waals surface area contributed by atoms with Gasteiger partial charge in [0.25, 0.3) is 0 Å². The van der Waals surface area contributed by atoms with Gasteiger partial charge in [-0.2, -0.15) is 0 Å². The number of hydrogen-bond donors (Lipinski definition) is 1. The lowest BCUT2D eigenvalue weighted by Crippen LogP contribution is -1.78. The molecule has 0 aliphatic heterocycles. The Kier molecular flexibility index (Phi) is 3.11. The minimum Gasteiger partial charge on any atom is -0.344 e. The average molecular weight is 173 g/mol. The van der Waals surface area contributed by atoms with Gasteiger partial charge in [0.05, 0.1) is 0 Å². The van der Waals surface area contributed by atoms with Crippen molar-refractivity contribution in [2.45, 2.75) is 0 Å². The molecule has 66 valence electrons. The molecule has 2 aromatic heterocycles. The number of hydrogen-bond acceptors (Lipinski definition) is 3. The van der Waals surface area contributed by atoms with E-state index in [1.54, 1.807) is 18.6 Å². The highest BCUT2D eigenvalue weighted by molar-refractivity contribution is 5.61. The van der Waals surface area contributed by atoms with Crippen LogP contribution in [-0.2, 0) is 0 Å². The Morgan fingerprint density at radius 1 is 0.769 bits per heavy atom. The van der Waals surface area contributed by atoms with Gasteiger partial charge in [0.15, 0.2) is 0 Å². The molecule has 0 aliphatic rings. The smallest absolute Gasteiger partial charge is 0.0346 e. The standard InChI is InChI=1S/C10H8N2.H3N/c1-2-10(8-12-5-1)9-3-6-11-7-4-9;/h1-8H;1H3. The summed E-state index contributed by atoms with van der Waals surface area (Å²) < 4.78 is 0. The van der Waals surface area contributed by atoms with Gasteiger partial charge < -0.3 is 6.15 Å². The summed E-state index contributed by atoms with van der Waals surface area (Å²) in [6.45, 7) is 0. The number of aromatic nitrogens is 2. The van der Waals surface area contributed by atoms with Gasteiger partial charge in [-0.05, 0) is 23.8 Å². The van der Waals surface area contributed by atoms with E-state index in [0.29, 0.717) is 0 Å². The topological polar surface area (TPSA) is 60.8 Å². The molecular weight excluding hydrogens is 162 g/mol. The Morgan fingerprint density at radius 2 is 1.54 bits per heavy atom. The lowest BCUT2D eigenvalue weighted by atomic mass is 10.1. The van der Waals surface area contributed by atoms with Crippen LogP contribution >= 0.6 is 0 Å². The fourth-order valence-corrected chi connectivity index (χ4v) is 1.08. The molecule has 0 radical (unpaired) electrons. The van der Waals surface area contributed by atoms with Crippen LogP contribution in [0.15, 0.2) is 49.1 Å². The molecule has 0 fully saturated rings. The van der Waals surface area contributed by atoms with E-state index in [2.05, 4.69) is 9.97 Å². The van der Waals surface area contributed by atoms with Crippen molar-refractivity contribution in [3.8, 4) is 11.1 Å². The molecule has 0 unspecified atom stereocenters. The third-order valence-corrected chi connectivity index (χ3v) is 1.68. The Balaban J connectivity index is 0.000000845. The molecule has 0 aromatic carbocycles. The van der Waals surface area contributed by atoms with Gasteiger partial charge in [0.2, 0.25) is 0 Å². The van der Waals surface area contributed by atoms with Crippen LogP contribution in [0.4, 0.5) is 0 Å². The quantitative estimate of drug-likeness (QED) is 0.719. The molecule has 2 rings (SSSR count). The molecule has 0 amide bonds. The molecule has 0 saturated heterocycles. The van der Waals surface area contributed by atoms with E-state index in [9.17, 15) is 0 Å². The summed E-state index contributed by atoms with van der Waals surface area (Å²) >= 11 is 0. The van der Waals surface area contributed by atoms with Gasteiger partial charge in [-0.3, -0.25) is 9.97 Å². The predicted molar refractivity (Wildman–Crippen MR) is 52.5 cm³/mol. The van der Waals surface area contributed by atoms with Crippen LogP contribution in [0.25, 0.3) is 11.1 Å². The van der Waals surface area contributed by atoms with Gasteiger partial charge in [-0.1, -0.05) is 6.07 Å². The first-order valence-corrected chi connectivity index (χ1v) is 3.77. The summed E-state index contributed by atoms with van der Waals surface area (Å²) in [5.41, 5.74) is 2.28. The van der Waals surface area contributed by atoms with E-state index in [1.807, 2.05) is 30.5 Å². The van der Waals surface area contributed by atoms with E-state index in [0.717, 1.165) is 11.1 Å². The zero-order valence-electron chi connectivity index (χ0n) is 7.22. The SMILES string of the molecule is N.c1cncc(-c2ccncc2)c1. The lowest BCUT2D eigenvalue weighted by molar-refractivity contribution is 1.30. The summed E-state index contributed by atoms with van der Waals surface area (Å²) in [6.07, 6.45) is 7.17. The lowest BCUT2D eigenvalue weighted by Gasteiger charge is -1.97. The van der Waals surface area contributed by atoms with Crippen LogP contribution in [-0.4, -0.2) is 9.97 Å². The summed E-state index contributed by atoms with van der Waals surface area (Å²) in [4.78, 5) is 7.99. The van der Waals surface area contributed by atoms with Crippen LogP contribution < -0.4 is 6.15 Å². The first kappa shape index (κ1) is 9.35. The van der Waals surface area contributed by atoms with Gasteiger partial charge in [0, 0.05) is 30.4 Å².